The number of benzene rings is 1. The van der Waals surface area contributed by atoms with Gasteiger partial charge in [0.25, 0.3) is 0 Å². The number of fused-ring (bicyclic) bond motifs is 2. The molecule has 2 aliphatic carbocycles. The SMILES string of the molecule is COc1cncc(-c2cc3ccc(N)cc(=O)c3c(CCc3ccc(CCC4CCC5CCCC5C4)cc3)n2)n1. The van der Waals surface area contributed by atoms with Crippen LogP contribution in [0.1, 0.15) is 61.8 Å². The third kappa shape index (κ3) is 5.86. The van der Waals surface area contributed by atoms with Crippen molar-refractivity contribution in [1.29, 1.82) is 0 Å². The average Bonchev–Trinajstić information content (AvgIpc) is 3.40. The molecule has 4 aromatic rings. The number of aromatic nitrogens is 3. The molecule has 2 aromatic heterocycles. The lowest BCUT2D eigenvalue weighted by molar-refractivity contribution is 0.200. The number of aryl methyl sites for hydroxylation is 3. The fourth-order valence-electron chi connectivity index (χ4n) is 6.94. The highest BCUT2D eigenvalue weighted by molar-refractivity contribution is 5.87. The predicted octanol–water partition coefficient (Wildman–Crippen LogP) is 6.58. The van der Waals surface area contributed by atoms with Crippen LogP contribution in [0.5, 0.6) is 5.88 Å². The molecule has 206 valence electrons. The van der Waals surface area contributed by atoms with Crippen molar-refractivity contribution < 1.29 is 4.74 Å². The first-order valence-corrected chi connectivity index (χ1v) is 14.7. The van der Waals surface area contributed by atoms with E-state index < -0.39 is 0 Å². The minimum absolute atomic E-state index is 0.120. The van der Waals surface area contributed by atoms with Crippen LogP contribution in [0.2, 0.25) is 0 Å². The van der Waals surface area contributed by atoms with E-state index in [4.69, 9.17) is 15.5 Å². The number of anilines is 1. The summed E-state index contributed by atoms with van der Waals surface area (Å²) < 4.78 is 5.26. The van der Waals surface area contributed by atoms with Crippen molar-refractivity contribution in [3.05, 3.63) is 88.0 Å². The third-order valence-electron chi connectivity index (χ3n) is 9.12. The molecule has 0 aliphatic heterocycles. The van der Waals surface area contributed by atoms with Crippen molar-refractivity contribution in [2.45, 2.75) is 64.2 Å². The fourth-order valence-corrected chi connectivity index (χ4v) is 6.94. The van der Waals surface area contributed by atoms with Gasteiger partial charge in [-0.1, -0.05) is 56.0 Å². The minimum atomic E-state index is -0.120. The molecule has 3 atom stereocenters. The summed E-state index contributed by atoms with van der Waals surface area (Å²) in [5.41, 5.74) is 11.0. The maximum Gasteiger partial charge on any atom is 0.232 e. The van der Waals surface area contributed by atoms with E-state index in [2.05, 4.69) is 34.2 Å². The fraction of sp³-hybridized carbons (Fsp3) is 0.412. The first-order valence-electron chi connectivity index (χ1n) is 14.7. The quantitative estimate of drug-likeness (QED) is 0.275. The summed E-state index contributed by atoms with van der Waals surface area (Å²) in [4.78, 5) is 26.8. The number of ether oxygens (including phenoxy) is 1. The van der Waals surface area contributed by atoms with Gasteiger partial charge >= 0.3 is 0 Å². The second kappa shape index (κ2) is 11.7. The summed E-state index contributed by atoms with van der Waals surface area (Å²) >= 11 is 0. The molecule has 2 aliphatic rings. The summed E-state index contributed by atoms with van der Waals surface area (Å²) in [7, 11) is 1.56. The van der Waals surface area contributed by atoms with Gasteiger partial charge in [0.1, 0.15) is 5.69 Å². The second-order valence-corrected chi connectivity index (χ2v) is 11.7. The molecule has 3 unspecified atom stereocenters. The Morgan fingerprint density at radius 3 is 2.48 bits per heavy atom. The van der Waals surface area contributed by atoms with Crippen LogP contribution in [-0.2, 0) is 19.3 Å². The van der Waals surface area contributed by atoms with Gasteiger partial charge in [0, 0.05) is 11.8 Å². The molecule has 40 heavy (non-hydrogen) atoms. The molecular weight excluding hydrogens is 496 g/mol. The van der Waals surface area contributed by atoms with E-state index in [1.54, 1.807) is 25.6 Å². The first-order chi connectivity index (χ1) is 19.6. The number of nitrogens with zero attached hydrogens (tertiary/aromatic N) is 3. The number of pyridine rings is 1. The number of hydrogen-bond acceptors (Lipinski definition) is 6. The number of methoxy groups -OCH3 is 1. The Morgan fingerprint density at radius 1 is 0.850 bits per heavy atom. The van der Waals surface area contributed by atoms with Crippen LogP contribution in [0, 0.1) is 17.8 Å². The van der Waals surface area contributed by atoms with Crippen LogP contribution >= 0.6 is 0 Å². The maximum atomic E-state index is 13.1. The van der Waals surface area contributed by atoms with Gasteiger partial charge in [0.05, 0.1) is 36.3 Å². The van der Waals surface area contributed by atoms with Crippen LogP contribution in [0.25, 0.3) is 22.2 Å². The van der Waals surface area contributed by atoms with Crippen molar-refractivity contribution in [1.82, 2.24) is 15.0 Å². The largest absolute Gasteiger partial charge is 0.480 e. The highest BCUT2D eigenvalue weighted by Gasteiger charge is 2.33. The molecule has 2 N–H and O–H groups in total. The monoisotopic (exact) mass is 534 g/mol. The molecule has 2 heterocycles. The normalized spacial score (nSPS) is 20.4. The van der Waals surface area contributed by atoms with E-state index in [-0.39, 0.29) is 5.43 Å². The molecule has 0 amide bonds. The van der Waals surface area contributed by atoms with E-state index in [0.29, 0.717) is 34.8 Å². The Labute approximate surface area is 236 Å². The van der Waals surface area contributed by atoms with E-state index in [1.807, 2.05) is 12.1 Å². The summed E-state index contributed by atoms with van der Waals surface area (Å²) in [5, 5.41) is 1.39. The Morgan fingerprint density at radius 2 is 1.65 bits per heavy atom. The lowest BCUT2D eigenvalue weighted by Gasteiger charge is -2.31. The van der Waals surface area contributed by atoms with Crippen LogP contribution in [0.15, 0.2) is 65.7 Å². The molecule has 0 saturated heterocycles. The van der Waals surface area contributed by atoms with Gasteiger partial charge in [-0.15, -0.1) is 0 Å². The number of nitrogen functional groups attached to an aromatic ring is 1. The molecule has 2 aromatic carbocycles. The van der Waals surface area contributed by atoms with Crippen LogP contribution in [0.3, 0.4) is 0 Å². The van der Waals surface area contributed by atoms with Crippen molar-refractivity contribution in [3.63, 3.8) is 0 Å². The van der Waals surface area contributed by atoms with Crippen LogP contribution < -0.4 is 15.9 Å². The number of rotatable bonds is 8. The Kier molecular flexibility index (Phi) is 7.76. The van der Waals surface area contributed by atoms with Gasteiger partial charge in [0.2, 0.25) is 5.88 Å². The van der Waals surface area contributed by atoms with Gasteiger partial charge in [-0.2, -0.15) is 0 Å². The van der Waals surface area contributed by atoms with E-state index in [0.717, 1.165) is 41.7 Å². The molecule has 6 nitrogen and oxygen atoms in total. The minimum Gasteiger partial charge on any atom is -0.480 e. The molecule has 6 heteroatoms. The second-order valence-electron chi connectivity index (χ2n) is 11.7. The molecule has 0 bridgehead atoms. The van der Waals surface area contributed by atoms with Crippen LogP contribution in [0.4, 0.5) is 5.69 Å². The number of hydrogen-bond donors (Lipinski definition) is 1. The maximum absolute atomic E-state index is 13.1. The zero-order valence-corrected chi connectivity index (χ0v) is 23.3. The summed E-state index contributed by atoms with van der Waals surface area (Å²) in [6, 6.07) is 16.0. The topological polar surface area (TPSA) is 91.0 Å². The molecule has 2 fully saturated rings. The van der Waals surface area contributed by atoms with E-state index >= 15 is 0 Å². The van der Waals surface area contributed by atoms with Crippen molar-refractivity contribution in [2.75, 3.05) is 12.8 Å². The average molecular weight is 535 g/mol. The molecular formula is C34H38N4O2. The number of nitrogens with two attached hydrogens (primary N) is 1. The van der Waals surface area contributed by atoms with Gasteiger partial charge < -0.3 is 10.5 Å². The first kappa shape index (κ1) is 26.4. The Hall–Kier alpha value is -3.80. The van der Waals surface area contributed by atoms with Crippen molar-refractivity contribution in [2.24, 2.45) is 17.8 Å². The Balaban J connectivity index is 1.19. The molecule has 0 spiro atoms. The van der Waals surface area contributed by atoms with Crippen molar-refractivity contribution >= 4 is 16.5 Å². The zero-order chi connectivity index (χ0) is 27.5. The molecule has 6 rings (SSSR count). The predicted molar refractivity (Wildman–Crippen MR) is 160 cm³/mol. The zero-order valence-electron chi connectivity index (χ0n) is 23.3. The van der Waals surface area contributed by atoms with Gasteiger partial charge in [0.15, 0.2) is 5.43 Å². The highest BCUT2D eigenvalue weighted by Crippen LogP contribution is 2.45. The molecule has 2 saturated carbocycles. The summed E-state index contributed by atoms with van der Waals surface area (Å²) in [6.07, 6.45) is 15.8. The van der Waals surface area contributed by atoms with Gasteiger partial charge in [-0.25, -0.2) is 4.98 Å². The lowest BCUT2D eigenvalue weighted by atomic mass is 9.74. The third-order valence-corrected chi connectivity index (χ3v) is 9.12. The standard InChI is InChI=1S/C34H38N4O2/c1-40-33-21-36-20-31(38-33)30-18-27-14-15-28(35)19-32(39)34(27)29(37-30)16-12-23-7-5-22(6-8-23)9-10-24-11-13-25-3-2-4-26(25)17-24/h5-8,14-15,18-21,24-26H,2-4,9-13,16-17,35H2,1H3. The lowest BCUT2D eigenvalue weighted by Crippen LogP contribution is -2.21. The van der Waals surface area contributed by atoms with Crippen molar-refractivity contribution in [3.8, 4) is 17.3 Å². The van der Waals surface area contributed by atoms with Crippen LogP contribution in [-0.4, -0.2) is 22.1 Å². The van der Waals surface area contributed by atoms with Gasteiger partial charge in [-0.05, 0) is 84.9 Å². The van der Waals surface area contributed by atoms with E-state index in [9.17, 15) is 4.79 Å². The summed E-state index contributed by atoms with van der Waals surface area (Å²) in [5.74, 6) is 3.36. The van der Waals surface area contributed by atoms with E-state index in [1.165, 1.54) is 62.1 Å². The molecule has 0 radical (unpaired) electrons. The van der Waals surface area contributed by atoms with Gasteiger partial charge in [-0.3, -0.25) is 14.8 Å². The summed E-state index contributed by atoms with van der Waals surface area (Å²) in [6.45, 7) is 0. The Bertz CT molecular complexity index is 1550. The smallest absolute Gasteiger partial charge is 0.232 e. The highest BCUT2D eigenvalue weighted by atomic mass is 16.5.